The molecule has 1 aliphatic heterocycles. The lowest BCUT2D eigenvalue weighted by Gasteiger charge is -2.11. The van der Waals surface area contributed by atoms with E-state index in [0.29, 0.717) is 6.61 Å². The minimum Gasteiger partial charge on any atom is -0.488 e. The topological polar surface area (TPSA) is 48.7 Å². The molecule has 1 fully saturated rings. The molecule has 5 nitrogen and oxygen atoms in total. The zero-order valence-electron chi connectivity index (χ0n) is 11.5. The van der Waals surface area contributed by atoms with Crippen LogP contribution in [0.1, 0.15) is 6.42 Å². The van der Waals surface area contributed by atoms with Gasteiger partial charge in [-0.1, -0.05) is 6.07 Å². The van der Waals surface area contributed by atoms with E-state index in [1.165, 1.54) is 0 Å². The quantitative estimate of drug-likeness (QED) is 0.740. The maximum Gasteiger partial charge on any atom is 0.182 e. The molecule has 4 rings (SSSR count). The first-order valence-electron chi connectivity index (χ1n) is 7.05. The van der Waals surface area contributed by atoms with Crippen LogP contribution >= 0.6 is 0 Å². The maximum absolute atomic E-state index is 5.85. The van der Waals surface area contributed by atoms with E-state index in [1.807, 2.05) is 48.7 Å². The molecule has 106 valence electrons. The standard InChI is InChI=1S/C16H15N3O2/c1-2-9-19-15(3-1)17-16(18-19)12-4-6-13(7-5-12)21-14-8-10-20-11-14/h1-7,9,14H,8,10-11H2. The predicted molar refractivity (Wildman–Crippen MR) is 78.3 cm³/mol. The summed E-state index contributed by atoms with van der Waals surface area (Å²) in [4.78, 5) is 4.51. The highest BCUT2D eigenvalue weighted by atomic mass is 16.5. The first-order chi connectivity index (χ1) is 10.4. The van der Waals surface area contributed by atoms with Crippen LogP contribution < -0.4 is 4.74 Å². The molecular formula is C16H15N3O2. The molecule has 1 aliphatic rings. The number of fused-ring (bicyclic) bond motifs is 1. The monoisotopic (exact) mass is 281 g/mol. The van der Waals surface area contributed by atoms with Crippen LogP contribution in [0.5, 0.6) is 5.75 Å². The Labute approximate surface area is 122 Å². The minimum absolute atomic E-state index is 0.171. The van der Waals surface area contributed by atoms with Gasteiger partial charge in [0, 0.05) is 18.2 Å². The molecule has 1 unspecified atom stereocenters. The van der Waals surface area contributed by atoms with Crippen LogP contribution in [0.3, 0.4) is 0 Å². The maximum atomic E-state index is 5.85. The molecule has 1 atom stereocenters. The van der Waals surface area contributed by atoms with Crippen LogP contribution in [-0.2, 0) is 4.74 Å². The number of aromatic nitrogens is 3. The summed E-state index contributed by atoms with van der Waals surface area (Å²) in [6.07, 6.45) is 3.02. The number of hydrogen-bond acceptors (Lipinski definition) is 4. The second-order valence-electron chi connectivity index (χ2n) is 5.07. The zero-order chi connectivity index (χ0) is 14.1. The summed E-state index contributed by atoms with van der Waals surface area (Å²) in [6.45, 7) is 1.46. The van der Waals surface area contributed by atoms with Crippen molar-refractivity contribution < 1.29 is 9.47 Å². The molecule has 0 spiro atoms. The largest absolute Gasteiger partial charge is 0.488 e. The normalized spacial score (nSPS) is 18.2. The van der Waals surface area contributed by atoms with E-state index in [1.54, 1.807) is 4.52 Å². The smallest absolute Gasteiger partial charge is 0.182 e. The summed E-state index contributed by atoms with van der Waals surface area (Å²) in [5, 5.41) is 4.46. The number of pyridine rings is 1. The Bertz CT molecular complexity index is 713. The number of nitrogens with zero attached hydrogens (tertiary/aromatic N) is 3. The summed E-state index contributed by atoms with van der Waals surface area (Å²) in [5.41, 5.74) is 1.82. The van der Waals surface area contributed by atoms with Crippen molar-refractivity contribution in [3.63, 3.8) is 0 Å². The average molecular weight is 281 g/mol. The van der Waals surface area contributed by atoms with Gasteiger partial charge in [0.05, 0.1) is 13.2 Å². The van der Waals surface area contributed by atoms with Crippen molar-refractivity contribution in [3.05, 3.63) is 48.7 Å². The predicted octanol–water partition coefficient (Wildman–Crippen LogP) is 2.56. The molecule has 0 amide bonds. The Morgan fingerprint density at radius 2 is 2.05 bits per heavy atom. The lowest BCUT2D eigenvalue weighted by molar-refractivity contribution is 0.141. The van der Waals surface area contributed by atoms with Gasteiger partial charge in [0.15, 0.2) is 11.5 Å². The fourth-order valence-corrected chi connectivity index (χ4v) is 2.43. The van der Waals surface area contributed by atoms with Gasteiger partial charge in [0.2, 0.25) is 0 Å². The molecule has 0 aliphatic carbocycles. The third-order valence-corrected chi connectivity index (χ3v) is 3.54. The molecule has 5 heteroatoms. The molecular weight excluding hydrogens is 266 g/mol. The van der Waals surface area contributed by atoms with Crippen molar-refractivity contribution in [1.29, 1.82) is 0 Å². The summed E-state index contributed by atoms with van der Waals surface area (Å²) in [6, 6.07) is 13.7. The van der Waals surface area contributed by atoms with Crippen LogP contribution in [0.2, 0.25) is 0 Å². The third-order valence-electron chi connectivity index (χ3n) is 3.54. The molecule has 1 aromatic carbocycles. The van der Waals surface area contributed by atoms with Gasteiger partial charge < -0.3 is 9.47 Å². The van der Waals surface area contributed by atoms with Gasteiger partial charge in [0.1, 0.15) is 11.9 Å². The molecule has 3 aromatic rings. The Morgan fingerprint density at radius 1 is 1.14 bits per heavy atom. The fraction of sp³-hybridized carbons (Fsp3) is 0.250. The lowest BCUT2D eigenvalue weighted by atomic mass is 10.2. The number of benzene rings is 1. The van der Waals surface area contributed by atoms with Gasteiger partial charge >= 0.3 is 0 Å². The molecule has 3 heterocycles. The van der Waals surface area contributed by atoms with E-state index in [-0.39, 0.29) is 6.10 Å². The molecule has 0 N–H and O–H groups in total. The lowest BCUT2D eigenvalue weighted by Crippen LogP contribution is -2.15. The van der Waals surface area contributed by atoms with Crippen LogP contribution in [0, 0.1) is 0 Å². The van der Waals surface area contributed by atoms with Crippen molar-refractivity contribution >= 4 is 5.65 Å². The van der Waals surface area contributed by atoms with Crippen molar-refractivity contribution in [2.24, 2.45) is 0 Å². The summed E-state index contributed by atoms with van der Waals surface area (Å²) < 4.78 is 12.9. The molecule has 0 bridgehead atoms. The Balaban J connectivity index is 1.57. The van der Waals surface area contributed by atoms with Crippen molar-refractivity contribution in [3.8, 4) is 17.1 Å². The van der Waals surface area contributed by atoms with Gasteiger partial charge in [0.25, 0.3) is 0 Å². The van der Waals surface area contributed by atoms with E-state index in [0.717, 1.165) is 35.8 Å². The van der Waals surface area contributed by atoms with Gasteiger partial charge in [-0.05, 0) is 36.4 Å². The highest BCUT2D eigenvalue weighted by molar-refractivity contribution is 5.59. The van der Waals surface area contributed by atoms with E-state index in [9.17, 15) is 0 Å². The Kier molecular flexibility index (Phi) is 3.05. The van der Waals surface area contributed by atoms with Crippen LogP contribution in [0.15, 0.2) is 48.7 Å². The number of hydrogen-bond donors (Lipinski definition) is 0. The second-order valence-corrected chi connectivity index (χ2v) is 5.07. The summed E-state index contributed by atoms with van der Waals surface area (Å²) in [7, 11) is 0. The second kappa shape index (κ2) is 5.18. The first kappa shape index (κ1) is 12.3. The molecule has 0 saturated carbocycles. The molecule has 1 saturated heterocycles. The van der Waals surface area contributed by atoms with E-state index in [2.05, 4.69) is 10.1 Å². The van der Waals surface area contributed by atoms with Gasteiger partial charge in [-0.15, -0.1) is 5.10 Å². The number of ether oxygens (including phenoxy) is 2. The van der Waals surface area contributed by atoms with Crippen molar-refractivity contribution in [2.75, 3.05) is 13.2 Å². The van der Waals surface area contributed by atoms with E-state index >= 15 is 0 Å². The Hall–Kier alpha value is -2.40. The third kappa shape index (κ3) is 2.48. The molecule has 0 radical (unpaired) electrons. The summed E-state index contributed by atoms with van der Waals surface area (Å²) in [5.74, 6) is 1.58. The average Bonchev–Trinajstić information content (AvgIpc) is 3.16. The number of rotatable bonds is 3. The molecule has 2 aromatic heterocycles. The van der Waals surface area contributed by atoms with Crippen LogP contribution in [-0.4, -0.2) is 33.9 Å². The van der Waals surface area contributed by atoms with Crippen LogP contribution in [0.25, 0.3) is 17.0 Å². The highest BCUT2D eigenvalue weighted by Gasteiger charge is 2.17. The van der Waals surface area contributed by atoms with Gasteiger partial charge in [-0.2, -0.15) is 0 Å². The van der Waals surface area contributed by atoms with Crippen molar-refractivity contribution in [1.82, 2.24) is 14.6 Å². The van der Waals surface area contributed by atoms with Gasteiger partial charge in [-0.25, -0.2) is 9.50 Å². The fourth-order valence-electron chi connectivity index (χ4n) is 2.43. The first-order valence-corrected chi connectivity index (χ1v) is 7.05. The summed E-state index contributed by atoms with van der Waals surface area (Å²) >= 11 is 0. The minimum atomic E-state index is 0.171. The Morgan fingerprint density at radius 3 is 2.81 bits per heavy atom. The van der Waals surface area contributed by atoms with Gasteiger partial charge in [-0.3, -0.25) is 0 Å². The van der Waals surface area contributed by atoms with Crippen LogP contribution in [0.4, 0.5) is 0 Å². The van der Waals surface area contributed by atoms with Crippen molar-refractivity contribution in [2.45, 2.75) is 12.5 Å². The molecule has 21 heavy (non-hydrogen) atoms. The SMILES string of the molecule is c1ccn2nc(-c3ccc(OC4CCOC4)cc3)nc2c1. The van der Waals surface area contributed by atoms with E-state index < -0.39 is 0 Å². The zero-order valence-corrected chi connectivity index (χ0v) is 11.5. The van der Waals surface area contributed by atoms with E-state index in [4.69, 9.17) is 9.47 Å². The highest BCUT2D eigenvalue weighted by Crippen LogP contribution is 2.22.